The van der Waals surface area contributed by atoms with Crippen molar-refractivity contribution >= 4 is 35.0 Å². The molecule has 1 saturated heterocycles. The van der Waals surface area contributed by atoms with Gasteiger partial charge in [0.1, 0.15) is 0 Å². The number of aryl methyl sites for hydroxylation is 2. The monoisotopic (exact) mass is 423 g/mol. The van der Waals surface area contributed by atoms with Crippen LogP contribution in [0.15, 0.2) is 53.1 Å². The van der Waals surface area contributed by atoms with E-state index in [1.165, 1.54) is 5.56 Å². The first-order valence-electron chi connectivity index (χ1n) is 9.69. The average Bonchev–Trinajstić information content (AvgIpc) is 2.75. The number of halogens is 1. The van der Waals surface area contributed by atoms with Crippen LogP contribution in [0.1, 0.15) is 36.0 Å². The van der Waals surface area contributed by atoms with Crippen LogP contribution in [-0.2, 0) is 11.2 Å². The molecule has 2 aliphatic heterocycles. The van der Waals surface area contributed by atoms with Crippen LogP contribution in [0, 0.1) is 18.3 Å². The number of anilines is 1. The lowest BCUT2D eigenvalue weighted by atomic mass is 9.86. The fourth-order valence-corrected chi connectivity index (χ4v) is 5.12. The molecule has 0 N–H and O–H groups in total. The van der Waals surface area contributed by atoms with Crippen LogP contribution in [-0.4, -0.2) is 23.4 Å². The zero-order valence-electron chi connectivity index (χ0n) is 16.5. The van der Waals surface area contributed by atoms with Crippen molar-refractivity contribution in [3.05, 3.63) is 74.8 Å². The molecule has 2 heterocycles. The lowest BCUT2D eigenvalue weighted by Crippen LogP contribution is -2.47. The third-order valence-electron chi connectivity index (χ3n) is 5.60. The van der Waals surface area contributed by atoms with Gasteiger partial charge in [0.25, 0.3) is 0 Å². The van der Waals surface area contributed by atoms with E-state index in [4.69, 9.17) is 11.6 Å². The molecule has 1 amide bonds. The van der Waals surface area contributed by atoms with Gasteiger partial charge in [0.05, 0.1) is 29.2 Å². The van der Waals surface area contributed by atoms with Crippen LogP contribution in [0.3, 0.4) is 0 Å². The van der Waals surface area contributed by atoms with Crippen molar-refractivity contribution < 1.29 is 4.79 Å². The van der Waals surface area contributed by atoms with Gasteiger partial charge in [-0.3, -0.25) is 9.69 Å². The quantitative estimate of drug-likeness (QED) is 0.660. The first kappa shape index (κ1) is 19.9. The highest BCUT2D eigenvalue weighted by Gasteiger charge is 2.38. The number of benzene rings is 2. The summed E-state index contributed by atoms with van der Waals surface area (Å²) in [6, 6.07) is 16.6. The number of rotatable bonds is 3. The highest BCUT2D eigenvalue weighted by atomic mass is 35.5. The standard InChI is InChI=1S/C23H22ClN3OS/c1-3-16-5-7-17(8-6-16)19-11-22(28)27-13-26(14-29-23(27)20(19)12-25)18-9-4-15(2)21(24)10-18/h4-10,19H,3,11,13-14H2,1-2H3/t19-/m0/s1. The molecule has 0 unspecified atom stereocenters. The summed E-state index contributed by atoms with van der Waals surface area (Å²) in [5.74, 6) is 0.557. The van der Waals surface area contributed by atoms with E-state index in [-0.39, 0.29) is 11.8 Å². The molecular weight excluding hydrogens is 402 g/mol. The maximum atomic E-state index is 13.0. The third kappa shape index (κ3) is 3.75. The smallest absolute Gasteiger partial charge is 0.229 e. The number of fused-ring (bicyclic) bond motifs is 1. The Morgan fingerprint density at radius 3 is 2.66 bits per heavy atom. The van der Waals surface area contributed by atoms with Gasteiger partial charge >= 0.3 is 0 Å². The van der Waals surface area contributed by atoms with E-state index in [0.717, 1.165) is 28.3 Å². The summed E-state index contributed by atoms with van der Waals surface area (Å²) in [5.41, 5.74) is 4.99. The van der Waals surface area contributed by atoms with E-state index >= 15 is 0 Å². The topological polar surface area (TPSA) is 47.3 Å². The number of thioether (sulfide) groups is 1. The fraction of sp³-hybridized carbons (Fsp3) is 0.304. The number of carbonyl (C=O) groups excluding carboxylic acids is 1. The first-order chi connectivity index (χ1) is 14.0. The van der Waals surface area contributed by atoms with Crippen molar-refractivity contribution in [3.63, 3.8) is 0 Å². The number of hydrogen-bond donors (Lipinski definition) is 0. The second-order valence-corrected chi connectivity index (χ2v) is 8.73. The van der Waals surface area contributed by atoms with Gasteiger partial charge < -0.3 is 4.90 Å². The van der Waals surface area contributed by atoms with E-state index in [9.17, 15) is 10.1 Å². The maximum absolute atomic E-state index is 13.0. The van der Waals surface area contributed by atoms with E-state index in [2.05, 4.69) is 42.2 Å². The zero-order valence-corrected chi connectivity index (χ0v) is 18.1. The number of hydrogen-bond acceptors (Lipinski definition) is 4. The van der Waals surface area contributed by atoms with Crippen molar-refractivity contribution in [2.45, 2.75) is 32.6 Å². The Hall–Kier alpha value is -2.42. The SMILES string of the molecule is CCc1ccc([C@@H]2CC(=O)N3CN(c4ccc(C)c(Cl)c4)CSC3=C2C#N)cc1. The second-order valence-electron chi connectivity index (χ2n) is 7.39. The molecule has 0 aromatic heterocycles. The molecule has 0 aliphatic carbocycles. The van der Waals surface area contributed by atoms with Gasteiger partial charge in [-0.2, -0.15) is 5.26 Å². The van der Waals surface area contributed by atoms with E-state index in [0.29, 0.717) is 29.6 Å². The summed E-state index contributed by atoms with van der Waals surface area (Å²) >= 11 is 7.83. The van der Waals surface area contributed by atoms with Crippen molar-refractivity contribution in [2.75, 3.05) is 17.4 Å². The van der Waals surface area contributed by atoms with Crippen LogP contribution in [0.2, 0.25) is 5.02 Å². The van der Waals surface area contributed by atoms with Gasteiger partial charge in [-0.1, -0.05) is 60.6 Å². The summed E-state index contributed by atoms with van der Waals surface area (Å²) < 4.78 is 0. The minimum atomic E-state index is -0.169. The number of carbonyl (C=O) groups is 1. The third-order valence-corrected chi connectivity index (χ3v) is 7.17. The maximum Gasteiger partial charge on any atom is 0.229 e. The molecule has 2 aromatic rings. The highest BCUT2D eigenvalue weighted by Crippen LogP contribution is 2.43. The van der Waals surface area contributed by atoms with Gasteiger partial charge in [-0.15, -0.1) is 0 Å². The Morgan fingerprint density at radius 2 is 2.00 bits per heavy atom. The van der Waals surface area contributed by atoms with Crippen LogP contribution in [0.4, 0.5) is 5.69 Å². The molecular formula is C23H22ClN3OS. The highest BCUT2D eigenvalue weighted by molar-refractivity contribution is 8.03. The molecule has 0 saturated carbocycles. The van der Waals surface area contributed by atoms with Gasteiger partial charge in [0.15, 0.2) is 0 Å². The minimum Gasteiger partial charge on any atom is -0.344 e. The van der Waals surface area contributed by atoms with E-state index in [1.807, 2.05) is 25.1 Å². The molecule has 148 valence electrons. The Bertz CT molecular complexity index is 1030. The average molecular weight is 424 g/mol. The predicted octanol–water partition coefficient (Wildman–Crippen LogP) is 5.43. The molecule has 0 bridgehead atoms. The summed E-state index contributed by atoms with van der Waals surface area (Å²) in [7, 11) is 0. The largest absolute Gasteiger partial charge is 0.344 e. The normalized spacial score (nSPS) is 19.2. The number of nitriles is 1. The van der Waals surface area contributed by atoms with Crippen molar-refractivity contribution in [1.82, 2.24) is 4.90 Å². The van der Waals surface area contributed by atoms with Crippen LogP contribution in [0.5, 0.6) is 0 Å². The lowest BCUT2D eigenvalue weighted by molar-refractivity contribution is -0.129. The predicted molar refractivity (Wildman–Crippen MR) is 119 cm³/mol. The summed E-state index contributed by atoms with van der Waals surface area (Å²) in [5, 5.41) is 11.4. The second kappa shape index (κ2) is 8.14. The summed E-state index contributed by atoms with van der Waals surface area (Å²) in [4.78, 5) is 16.9. The zero-order chi connectivity index (χ0) is 20.5. The van der Waals surface area contributed by atoms with Crippen molar-refractivity contribution in [1.29, 1.82) is 5.26 Å². The number of allylic oxidation sites excluding steroid dienone is 1. The molecule has 29 heavy (non-hydrogen) atoms. The lowest BCUT2D eigenvalue weighted by Gasteiger charge is -2.42. The molecule has 6 heteroatoms. The molecule has 1 atom stereocenters. The molecule has 4 nitrogen and oxygen atoms in total. The van der Waals surface area contributed by atoms with E-state index in [1.54, 1.807) is 16.7 Å². The van der Waals surface area contributed by atoms with Crippen LogP contribution < -0.4 is 4.90 Å². The fourth-order valence-electron chi connectivity index (χ4n) is 3.77. The van der Waals surface area contributed by atoms with Crippen molar-refractivity contribution in [3.8, 4) is 6.07 Å². The van der Waals surface area contributed by atoms with E-state index < -0.39 is 0 Å². The molecule has 2 aliphatic rings. The van der Waals surface area contributed by atoms with Gasteiger partial charge in [0.2, 0.25) is 5.91 Å². The molecule has 4 rings (SSSR count). The molecule has 0 spiro atoms. The Labute approximate surface area is 180 Å². The molecule has 1 fully saturated rings. The Balaban J connectivity index is 1.64. The van der Waals surface area contributed by atoms with Gasteiger partial charge in [0, 0.05) is 23.0 Å². The molecule has 2 aromatic carbocycles. The Kier molecular flexibility index (Phi) is 5.58. The number of amides is 1. The van der Waals surface area contributed by atoms with Crippen molar-refractivity contribution in [2.24, 2.45) is 0 Å². The first-order valence-corrected chi connectivity index (χ1v) is 11.1. The minimum absolute atomic E-state index is 0.0546. The van der Waals surface area contributed by atoms with Crippen LogP contribution >= 0.6 is 23.4 Å². The van der Waals surface area contributed by atoms with Crippen LogP contribution in [0.25, 0.3) is 0 Å². The number of nitrogens with zero attached hydrogens (tertiary/aromatic N) is 3. The summed E-state index contributed by atoms with van der Waals surface area (Å²) in [6.07, 6.45) is 1.29. The van der Waals surface area contributed by atoms with Gasteiger partial charge in [-0.05, 0) is 42.2 Å². The summed E-state index contributed by atoms with van der Waals surface area (Å²) in [6.45, 7) is 4.52. The Morgan fingerprint density at radius 1 is 1.24 bits per heavy atom. The molecule has 0 radical (unpaired) electrons. The van der Waals surface area contributed by atoms with Gasteiger partial charge in [-0.25, -0.2) is 0 Å².